The average molecular weight is 181 g/mol. The topological polar surface area (TPSA) is 58.1 Å². The molecule has 0 atom stereocenters. The zero-order valence-corrected chi connectivity index (χ0v) is 7.53. The van der Waals surface area contributed by atoms with Crippen LogP contribution in [0.4, 0.5) is 0 Å². The molecule has 5 heteroatoms. The Labute approximate surface area is 74.7 Å². The molecule has 0 radical (unpaired) electrons. The van der Waals surface area contributed by atoms with E-state index in [4.69, 9.17) is 0 Å². The van der Waals surface area contributed by atoms with Gasteiger partial charge in [-0.2, -0.15) is 10.1 Å². The first-order chi connectivity index (χ1) is 5.66. The van der Waals surface area contributed by atoms with E-state index in [2.05, 4.69) is 27.4 Å². The van der Waals surface area contributed by atoms with E-state index in [0.29, 0.717) is 5.69 Å². The second kappa shape index (κ2) is 3.38. The number of carbonyl (C=O) groups is 1. The smallest absolute Gasteiger partial charge is 0.272 e. The fraction of sp³-hybridized carbons (Fsp3) is 0.286. The van der Waals surface area contributed by atoms with E-state index in [0.717, 1.165) is 11.3 Å². The number of isothiocyanates is 1. The molecule has 0 aliphatic heterocycles. The van der Waals surface area contributed by atoms with Gasteiger partial charge in [-0.3, -0.25) is 9.89 Å². The molecular formula is C7H7N3OS. The number of aromatic amines is 1. The van der Waals surface area contributed by atoms with Gasteiger partial charge in [0.05, 0.1) is 10.9 Å². The summed E-state index contributed by atoms with van der Waals surface area (Å²) in [5.41, 5.74) is 1.97. The minimum absolute atomic E-state index is 0.379. The molecule has 0 saturated carbocycles. The minimum Gasteiger partial charge on any atom is -0.272 e. The summed E-state index contributed by atoms with van der Waals surface area (Å²) in [5, 5.41) is 8.44. The highest BCUT2D eigenvalue weighted by molar-refractivity contribution is 7.78. The number of thiocarbonyl (C=S) groups is 1. The number of aliphatic imine (C=N–C) groups is 1. The number of amides is 1. The SMILES string of the molecule is Cc1n[nH]c(C(=O)N=C=S)c1C. The summed E-state index contributed by atoms with van der Waals surface area (Å²) >= 11 is 4.31. The highest BCUT2D eigenvalue weighted by Crippen LogP contribution is 2.08. The van der Waals surface area contributed by atoms with Crippen molar-refractivity contribution in [1.82, 2.24) is 10.2 Å². The molecule has 0 aliphatic carbocycles. The molecule has 1 rings (SSSR count). The number of nitrogens with zero attached hydrogens (tertiary/aromatic N) is 2. The first-order valence-electron chi connectivity index (χ1n) is 3.30. The molecule has 12 heavy (non-hydrogen) atoms. The van der Waals surface area contributed by atoms with Gasteiger partial charge in [-0.25, -0.2) is 0 Å². The van der Waals surface area contributed by atoms with Crippen LogP contribution in [0.25, 0.3) is 0 Å². The van der Waals surface area contributed by atoms with Gasteiger partial charge in [-0.15, -0.1) is 0 Å². The van der Waals surface area contributed by atoms with Crippen LogP contribution in [0.5, 0.6) is 0 Å². The van der Waals surface area contributed by atoms with Crippen LogP contribution in [-0.4, -0.2) is 21.3 Å². The third-order valence-corrected chi connectivity index (χ3v) is 1.71. The molecule has 0 aliphatic rings. The van der Waals surface area contributed by atoms with E-state index in [1.54, 1.807) is 6.92 Å². The van der Waals surface area contributed by atoms with Crippen molar-refractivity contribution in [3.63, 3.8) is 0 Å². The maximum absolute atomic E-state index is 11.1. The van der Waals surface area contributed by atoms with E-state index in [1.807, 2.05) is 12.1 Å². The Morgan fingerprint density at radius 1 is 1.67 bits per heavy atom. The lowest BCUT2D eigenvalue weighted by Crippen LogP contribution is -1.96. The van der Waals surface area contributed by atoms with E-state index in [1.165, 1.54) is 0 Å². The second-order valence-electron chi connectivity index (χ2n) is 2.32. The zero-order chi connectivity index (χ0) is 9.14. The van der Waals surface area contributed by atoms with Crippen LogP contribution in [0.2, 0.25) is 0 Å². The fourth-order valence-corrected chi connectivity index (χ4v) is 0.877. The number of hydrogen-bond acceptors (Lipinski definition) is 3. The molecule has 0 aromatic carbocycles. The lowest BCUT2D eigenvalue weighted by atomic mass is 10.2. The van der Waals surface area contributed by atoms with E-state index < -0.39 is 5.91 Å². The molecule has 0 bridgehead atoms. The molecule has 0 spiro atoms. The zero-order valence-electron chi connectivity index (χ0n) is 6.71. The number of H-pyrrole nitrogens is 1. The lowest BCUT2D eigenvalue weighted by Gasteiger charge is -1.89. The average Bonchev–Trinajstić information content (AvgIpc) is 2.34. The van der Waals surface area contributed by atoms with E-state index in [-0.39, 0.29) is 0 Å². The number of nitrogens with one attached hydrogen (secondary N) is 1. The largest absolute Gasteiger partial charge is 0.304 e. The fourth-order valence-electron chi connectivity index (χ4n) is 0.794. The summed E-state index contributed by atoms with van der Waals surface area (Å²) in [4.78, 5) is 14.4. The second-order valence-corrected chi connectivity index (χ2v) is 2.50. The standard InChI is InChI=1S/C7H7N3OS/c1-4-5(2)9-10-6(4)7(11)8-3-12/h1-2H3,(H,9,10). The van der Waals surface area contributed by atoms with Gasteiger partial charge in [0.2, 0.25) is 0 Å². The number of rotatable bonds is 1. The van der Waals surface area contributed by atoms with Gasteiger partial charge in [-0.05, 0) is 26.1 Å². The highest BCUT2D eigenvalue weighted by atomic mass is 32.1. The van der Waals surface area contributed by atoms with Crippen molar-refractivity contribution in [2.75, 3.05) is 0 Å². The Morgan fingerprint density at radius 2 is 2.33 bits per heavy atom. The number of carbonyl (C=O) groups excluding carboxylic acids is 1. The molecule has 62 valence electrons. The monoisotopic (exact) mass is 181 g/mol. The molecule has 1 amide bonds. The van der Waals surface area contributed by atoms with E-state index >= 15 is 0 Å². The van der Waals surface area contributed by atoms with Crippen LogP contribution in [0, 0.1) is 13.8 Å². The number of aryl methyl sites for hydroxylation is 1. The predicted octanol–water partition coefficient (Wildman–Crippen LogP) is 1.27. The Hall–Kier alpha value is -1.32. The van der Waals surface area contributed by atoms with Crippen LogP contribution >= 0.6 is 12.2 Å². The van der Waals surface area contributed by atoms with Gasteiger partial charge in [0.1, 0.15) is 5.69 Å². The van der Waals surface area contributed by atoms with Crippen molar-refractivity contribution in [3.05, 3.63) is 17.0 Å². The molecule has 1 heterocycles. The molecule has 1 N–H and O–H groups in total. The van der Waals surface area contributed by atoms with Crippen molar-refractivity contribution in [2.24, 2.45) is 4.99 Å². The Morgan fingerprint density at radius 3 is 2.75 bits per heavy atom. The molecule has 0 saturated heterocycles. The Kier molecular flexibility index (Phi) is 2.47. The predicted molar refractivity (Wildman–Crippen MR) is 47.4 cm³/mol. The molecule has 0 fully saturated rings. The van der Waals surface area contributed by atoms with Gasteiger partial charge in [0, 0.05) is 5.56 Å². The van der Waals surface area contributed by atoms with Gasteiger partial charge in [0.25, 0.3) is 0 Å². The summed E-state index contributed by atoms with van der Waals surface area (Å²) in [6.07, 6.45) is 0. The van der Waals surface area contributed by atoms with Crippen molar-refractivity contribution in [1.29, 1.82) is 0 Å². The highest BCUT2D eigenvalue weighted by Gasteiger charge is 2.11. The minimum atomic E-state index is -0.428. The van der Waals surface area contributed by atoms with Crippen LogP contribution in [0.15, 0.2) is 4.99 Å². The first-order valence-corrected chi connectivity index (χ1v) is 3.71. The molecule has 1 aromatic heterocycles. The summed E-state index contributed by atoms with van der Waals surface area (Å²) in [5.74, 6) is -0.428. The van der Waals surface area contributed by atoms with E-state index in [9.17, 15) is 4.79 Å². The normalized spacial score (nSPS) is 9.17. The van der Waals surface area contributed by atoms with Crippen molar-refractivity contribution in [2.45, 2.75) is 13.8 Å². The van der Waals surface area contributed by atoms with Gasteiger partial charge >= 0.3 is 5.91 Å². The van der Waals surface area contributed by atoms with Crippen LogP contribution in [0.1, 0.15) is 21.7 Å². The van der Waals surface area contributed by atoms with Crippen molar-refractivity contribution in [3.8, 4) is 0 Å². The van der Waals surface area contributed by atoms with Crippen LogP contribution in [0.3, 0.4) is 0 Å². The third kappa shape index (κ3) is 1.47. The first kappa shape index (κ1) is 8.77. The van der Waals surface area contributed by atoms with Crippen molar-refractivity contribution >= 4 is 23.3 Å². The number of aromatic nitrogens is 2. The maximum atomic E-state index is 11.1. The molecule has 1 aromatic rings. The third-order valence-electron chi connectivity index (χ3n) is 1.61. The summed E-state index contributed by atoms with van der Waals surface area (Å²) in [7, 11) is 0. The van der Waals surface area contributed by atoms with Gasteiger partial charge < -0.3 is 0 Å². The maximum Gasteiger partial charge on any atom is 0.304 e. The molecule has 0 unspecified atom stereocenters. The summed E-state index contributed by atoms with van der Waals surface area (Å²) < 4.78 is 0. The lowest BCUT2D eigenvalue weighted by molar-refractivity contribution is 0.0998. The Bertz CT molecular complexity index is 363. The van der Waals surface area contributed by atoms with Crippen LogP contribution < -0.4 is 0 Å². The molecular weight excluding hydrogens is 174 g/mol. The Balaban J connectivity index is 3.11. The van der Waals surface area contributed by atoms with Crippen molar-refractivity contribution < 1.29 is 4.79 Å². The summed E-state index contributed by atoms with van der Waals surface area (Å²) in [6, 6.07) is 0. The van der Waals surface area contributed by atoms with Gasteiger partial charge in [0.15, 0.2) is 0 Å². The number of hydrogen-bond donors (Lipinski definition) is 1. The molecule has 4 nitrogen and oxygen atoms in total. The van der Waals surface area contributed by atoms with Crippen LogP contribution in [-0.2, 0) is 0 Å². The quantitative estimate of drug-likeness (QED) is 0.524. The van der Waals surface area contributed by atoms with Gasteiger partial charge in [-0.1, -0.05) is 0 Å². The summed E-state index contributed by atoms with van der Waals surface area (Å²) in [6.45, 7) is 3.61.